The minimum Gasteiger partial charge on any atom is -0.494 e. The first-order valence-electron chi connectivity index (χ1n) is 11.5. The molecule has 1 atom stereocenters. The minimum absolute atomic E-state index is 0.0322. The number of nitrogens with one attached hydrogen (secondary N) is 1. The molecule has 1 aromatic rings. The van der Waals surface area contributed by atoms with Gasteiger partial charge in [0.05, 0.1) is 12.4 Å². The molecule has 2 aliphatic carbocycles. The smallest absolute Gasteiger partial charge is 0.230 e. The molecular formula is C24H35NO3S. The largest absolute Gasteiger partial charge is 0.494 e. The average molecular weight is 418 g/mol. The third-order valence-electron chi connectivity index (χ3n) is 6.67. The fraction of sp³-hybridized carbons (Fsp3) is 0.708. The van der Waals surface area contributed by atoms with Gasteiger partial charge in [-0.1, -0.05) is 25.7 Å². The van der Waals surface area contributed by atoms with Crippen molar-refractivity contribution in [1.29, 1.82) is 0 Å². The predicted octanol–water partition coefficient (Wildman–Crippen LogP) is 5.79. The second kappa shape index (κ2) is 9.63. The molecule has 4 nitrogen and oxygen atoms in total. The molecule has 0 aromatic heterocycles. The summed E-state index contributed by atoms with van der Waals surface area (Å²) in [7, 11) is 0. The summed E-state index contributed by atoms with van der Waals surface area (Å²) >= 11 is 1.78. The Morgan fingerprint density at radius 2 is 1.93 bits per heavy atom. The van der Waals surface area contributed by atoms with Gasteiger partial charge in [-0.05, 0) is 63.6 Å². The van der Waals surface area contributed by atoms with E-state index in [1.807, 2.05) is 13.0 Å². The summed E-state index contributed by atoms with van der Waals surface area (Å²) in [5, 5.41) is 3.59. The Balaban J connectivity index is 1.43. The van der Waals surface area contributed by atoms with E-state index in [1.165, 1.54) is 44.1 Å². The highest BCUT2D eigenvalue weighted by Crippen LogP contribution is 2.52. The molecule has 29 heavy (non-hydrogen) atoms. The minimum atomic E-state index is -0.0322. The van der Waals surface area contributed by atoms with Crippen molar-refractivity contribution < 1.29 is 14.3 Å². The van der Waals surface area contributed by atoms with Crippen LogP contribution in [0.5, 0.6) is 11.5 Å². The van der Waals surface area contributed by atoms with Gasteiger partial charge in [-0.3, -0.25) is 4.79 Å². The Morgan fingerprint density at radius 3 is 2.66 bits per heavy atom. The van der Waals surface area contributed by atoms with Gasteiger partial charge in [-0.2, -0.15) is 0 Å². The van der Waals surface area contributed by atoms with Gasteiger partial charge in [0.15, 0.2) is 0 Å². The van der Waals surface area contributed by atoms with Crippen LogP contribution in [-0.4, -0.2) is 29.9 Å². The van der Waals surface area contributed by atoms with E-state index in [-0.39, 0.29) is 16.8 Å². The van der Waals surface area contributed by atoms with Gasteiger partial charge in [0.2, 0.25) is 5.91 Å². The average Bonchev–Trinajstić information content (AvgIpc) is 3.00. The molecule has 2 fully saturated rings. The van der Waals surface area contributed by atoms with Crippen molar-refractivity contribution in [3.05, 3.63) is 23.8 Å². The Morgan fingerprint density at radius 1 is 1.17 bits per heavy atom. The first kappa shape index (κ1) is 20.9. The molecule has 1 N–H and O–H groups in total. The molecule has 0 unspecified atom stereocenters. The number of ether oxygens (including phenoxy) is 2. The molecule has 1 aliphatic heterocycles. The first-order valence-corrected chi connectivity index (χ1v) is 12.6. The van der Waals surface area contributed by atoms with Crippen LogP contribution in [0.1, 0.15) is 88.4 Å². The number of rotatable bonds is 6. The van der Waals surface area contributed by atoms with Crippen molar-refractivity contribution in [2.75, 3.05) is 12.4 Å². The van der Waals surface area contributed by atoms with Crippen LogP contribution in [0.4, 0.5) is 0 Å². The molecule has 3 aliphatic rings. The molecule has 160 valence electrons. The van der Waals surface area contributed by atoms with Gasteiger partial charge in [0.1, 0.15) is 17.1 Å². The molecular weight excluding hydrogens is 382 g/mol. The van der Waals surface area contributed by atoms with E-state index >= 15 is 0 Å². The lowest BCUT2D eigenvalue weighted by Crippen LogP contribution is -2.39. The quantitative estimate of drug-likeness (QED) is 0.595. The number of amides is 1. The fourth-order valence-electron chi connectivity index (χ4n) is 5.19. The predicted molar refractivity (Wildman–Crippen MR) is 119 cm³/mol. The number of benzene rings is 1. The summed E-state index contributed by atoms with van der Waals surface area (Å²) in [5.41, 5.74) is 1.16. The Hall–Kier alpha value is -1.36. The summed E-state index contributed by atoms with van der Waals surface area (Å²) in [6.45, 7) is 2.67. The van der Waals surface area contributed by atoms with E-state index < -0.39 is 0 Å². The summed E-state index contributed by atoms with van der Waals surface area (Å²) in [5.74, 6) is 2.60. The maximum absolute atomic E-state index is 12.7. The van der Waals surface area contributed by atoms with Crippen LogP contribution in [0, 0.1) is 0 Å². The van der Waals surface area contributed by atoms with E-state index in [2.05, 4.69) is 17.4 Å². The maximum atomic E-state index is 12.7. The third kappa shape index (κ3) is 5.22. The van der Waals surface area contributed by atoms with Crippen LogP contribution < -0.4 is 14.8 Å². The highest BCUT2D eigenvalue weighted by Gasteiger charge is 2.43. The second-order valence-corrected chi connectivity index (χ2v) is 10.1. The highest BCUT2D eigenvalue weighted by atomic mass is 32.2. The van der Waals surface area contributed by atoms with Crippen molar-refractivity contribution in [3.63, 3.8) is 0 Å². The van der Waals surface area contributed by atoms with Crippen molar-refractivity contribution >= 4 is 17.7 Å². The van der Waals surface area contributed by atoms with E-state index in [1.54, 1.807) is 11.8 Å². The van der Waals surface area contributed by atoms with Crippen LogP contribution in [0.15, 0.2) is 18.2 Å². The SMILES string of the molecule is CCOc1ccc2c(c1)[C@H](SCC(=O)NC1CCCCCC1)CC1(CCCC1)O2. The molecule has 1 spiro atoms. The van der Waals surface area contributed by atoms with Crippen molar-refractivity contribution in [2.45, 2.75) is 94.4 Å². The zero-order valence-corrected chi connectivity index (χ0v) is 18.5. The number of carbonyl (C=O) groups is 1. The molecule has 2 saturated carbocycles. The molecule has 0 radical (unpaired) electrons. The van der Waals surface area contributed by atoms with Crippen molar-refractivity contribution in [2.24, 2.45) is 0 Å². The van der Waals surface area contributed by atoms with Crippen LogP contribution in [-0.2, 0) is 4.79 Å². The molecule has 1 heterocycles. The lowest BCUT2D eigenvalue weighted by atomic mass is 9.89. The summed E-state index contributed by atoms with van der Waals surface area (Å²) in [6.07, 6.45) is 13.1. The van der Waals surface area contributed by atoms with Crippen molar-refractivity contribution in [3.8, 4) is 11.5 Å². The molecule has 0 bridgehead atoms. The monoisotopic (exact) mass is 417 g/mol. The molecule has 1 amide bonds. The number of hydrogen-bond donors (Lipinski definition) is 1. The lowest BCUT2D eigenvalue weighted by Gasteiger charge is -2.40. The number of fused-ring (bicyclic) bond motifs is 1. The summed E-state index contributed by atoms with van der Waals surface area (Å²) in [4.78, 5) is 12.7. The zero-order valence-electron chi connectivity index (χ0n) is 17.7. The Kier molecular flexibility index (Phi) is 6.94. The molecule has 0 saturated heterocycles. The summed E-state index contributed by atoms with van der Waals surface area (Å²) < 4.78 is 12.2. The molecule has 1 aromatic carbocycles. The summed E-state index contributed by atoms with van der Waals surface area (Å²) in [6, 6.07) is 6.58. The molecule has 5 heteroatoms. The first-order chi connectivity index (χ1) is 14.2. The van der Waals surface area contributed by atoms with E-state index in [0.29, 0.717) is 18.4 Å². The van der Waals surface area contributed by atoms with Gasteiger partial charge in [0, 0.05) is 23.3 Å². The number of hydrogen-bond acceptors (Lipinski definition) is 4. The van der Waals surface area contributed by atoms with E-state index in [9.17, 15) is 4.79 Å². The number of carbonyl (C=O) groups excluding carboxylic acids is 1. The van der Waals surface area contributed by atoms with E-state index in [4.69, 9.17) is 9.47 Å². The second-order valence-electron chi connectivity index (χ2n) is 8.88. The van der Waals surface area contributed by atoms with Crippen LogP contribution in [0.2, 0.25) is 0 Å². The fourth-order valence-corrected chi connectivity index (χ4v) is 6.42. The Labute approximate surface area is 179 Å². The van der Waals surface area contributed by atoms with Gasteiger partial charge in [-0.15, -0.1) is 11.8 Å². The van der Waals surface area contributed by atoms with Gasteiger partial charge < -0.3 is 14.8 Å². The zero-order chi connectivity index (χ0) is 20.1. The lowest BCUT2D eigenvalue weighted by molar-refractivity contribution is -0.119. The third-order valence-corrected chi connectivity index (χ3v) is 7.93. The topological polar surface area (TPSA) is 47.6 Å². The van der Waals surface area contributed by atoms with Crippen molar-refractivity contribution in [1.82, 2.24) is 5.32 Å². The van der Waals surface area contributed by atoms with Gasteiger partial charge >= 0.3 is 0 Å². The normalized spacial score (nSPS) is 23.8. The number of thioether (sulfide) groups is 1. The molecule has 4 rings (SSSR count). The van der Waals surface area contributed by atoms with E-state index in [0.717, 1.165) is 43.6 Å². The van der Waals surface area contributed by atoms with Crippen LogP contribution in [0.3, 0.4) is 0 Å². The standard InChI is InChI=1S/C24H35NO3S/c1-2-27-19-11-12-21-20(15-19)22(16-24(28-21)13-7-8-14-24)29-17-23(26)25-18-9-5-3-4-6-10-18/h11-12,15,18,22H,2-10,13-14,16-17H2,1H3,(H,25,26)/t22-/m1/s1. The highest BCUT2D eigenvalue weighted by molar-refractivity contribution is 8.00. The maximum Gasteiger partial charge on any atom is 0.230 e. The Bertz CT molecular complexity index is 693. The van der Waals surface area contributed by atoms with Gasteiger partial charge in [0.25, 0.3) is 0 Å². The van der Waals surface area contributed by atoms with Crippen LogP contribution in [0.25, 0.3) is 0 Å². The van der Waals surface area contributed by atoms with Crippen LogP contribution >= 0.6 is 11.8 Å². The van der Waals surface area contributed by atoms with Gasteiger partial charge in [-0.25, -0.2) is 0 Å².